The van der Waals surface area contributed by atoms with Crippen LogP contribution >= 0.6 is 0 Å². The number of carboxylic acids is 1. The number of rotatable bonds is 4. The Morgan fingerprint density at radius 2 is 1.88 bits per heavy atom. The van der Waals surface area contributed by atoms with Crippen LogP contribution in [0.1, 0.15) is 13.3 Å². The maximum atomic E-state index is 11.4. The molecule has 2 heterocycles. The van der Waals surface area contributed by atoms with Crippen molar-refractivity contribution >= 4 is 5.97 Å². The molecule has 148 valence electrons. The lowest BCUT2D eigenvalue weighted by Gasteiger charge is -2.43. The number of hydrogen-bond donors (Lipinski definition) is 6. The van der Waals surface area contributed by atoms with Gasteiger partial charge in [0.05, 0.1) is 24.5 Å². The molecular formula is C16H24O10. The third-order valence-corrected chi connectivity index (χ3v) is 5.58. The Hall–Kier alpha value is -1.27. The number of fused-ring (bicyclic) bond motifs is 1. The molecule has 2 fully saturated rings. The molecule has 10 heteroatoms. The molecule has 1 saturated heterocycles. The van der Waals surface area contributed by atoms with Crippen LogP contribution in [0.5, 0.6) is 0 Å². The summed E-state index contributed by atoms with van der Waals surface area (Å²) in [6.45, 7) is 1.15. The van der Waals surface area contributed by atoms with Crippen molar-refractivity contribution in [2.45, 2.75) is 56.4 Å². The topological polar surface area (TPSA) is 166 Å². The lowest BCUT2D eigenvalue weighted by molar-refractivity contribution is -0.342. The van der Waals surface area contributed by atoms with Gasteiger partial charge < -0.3 is 44.8 Å². The highest BCUT2D eigenvalue weighted by Gasteiger charge is 2.53. The average molecular weight is 376 g/mol. The van der Waals surface area contributed by atoms with Gasteiger partial charge in [-0.25, -0.2) is 4.79 Å². The second-order valence-electron chi connectivity index (χ2n) is 7.06. The van der Waals surface area contributed by atoms with Gasteiger partial charge in [0, 0.05) is 11.8 Å². The fourth-order valence-electron chi connectivity index (χ4n) is 3.99. The highest BCUT2D eigenvalue weighted by atomic mass is 16.8. The molecule has 0 aromatic rings. The van der Waals surface area contributed by atoms with Crippen molar-refractivity contribution < 1.29 is 49.6 Å². The summed E-state index contributed by atoms with van der Waals surface area (Å²) in [5, 5.41) is 58.5. The van der Waals surface area contributed by atoms with Gasteiger partial charge in [0.15, 0.2) is 6.29 Å². The fourth-order valence-corrected chi connectivity index (χ4v) is 3.99. The SMILES string of the molecule is C[C@H]1[C@H]2[C@H](OC3O[C@H](CO)[C@@H](O)[C@H](O)[C@H]3O)OC=C(C(=O)O)[C@H]2C[C@@H]1O. The van der Waals surface area contributed by atoms with Crippen LogP contribution in [0.25, 0.3) is 0 Å². The molecule has 1 aliphatic carbocycles. The molecule has 0 aromatic carbocycles. The van der Waals surface area contributed by atoms with Crippen LogP contribution in [-0.2, 0) is 19.0 Å². The van der Waals surface area contributed by atoms with Gasteiger partial charge in [-0.1, -0.05) is 6.92 Å². The van der Waals surface area contributed by atoms with Crippen molar-refractivity contribution in [3.63, 3.8) is 0 Å². The summed E-state index contributed by atoms with van der Waals surface area (Å²) in [5.74, 6) is -2.49. The molecule has 10 atom stereocenters. The third-order valence-electron chi connectivity index (χ3n) is 5.58. The molecule has 0 bridgehead atoms. The van der Waals surface area contributed by atoms with Gasteiger partial charge in [-0.2, -0.15) is 0 Å². The van der Waals surface area contributed by atoms with E-state index in [1.165, 1.54) is 0 Å². The van der Waals surface area contributed by atoms with Gasteiger partial charge in [0.25, 0.3) is 0 Å². The van der Waals surface area contributed by atoms with Crippen LogP contribution in [-0.4, -0.2) is 86.3 Å². The van der Waals surface area contributed by atoms with Crippen molar-refractivity contribution in [2.24, 2.45) is 17.8 Å². The number of aliphatic carboxylic acids is 1. The van der Waals surface area contributed by atoms with E-state index in [-0.39, 0.29) is 17.9 Å². The molecule has 2 aliphatic heterocycles. The van der Waals surface area contributed by atoms with Gasteiger partial charge in [-0.3, -0.25) is 0 Å². The van der Waals surface area contributed by atoms with Crippen LogP contribution in [0.3, 0.4) is 0 Å². The van der Waals surface area contributed by atoms with Gasteiger partial charge in [-0.05, 0) is 12.3 Å². The molecule has 0 spiro atoms. The zero-order chi connectivity index (χ0) is 19.2. The van der Waals surface area contributed by atoms with Gasteiger partial charge in [0.1, 0.15) is 24.4 Å². The number of aliphatic hydroxyl groups is 5. The summed E-state index contributed by atoms with van der Waals surface area (Å²) in [6.07, 6.45) is -7.71. The Morgan fingerprint density at radius 3 is 2.50 bits per heavy atom. The van der Waals surface area contributed by atoms with Crippen LogP contribution < -0.4 is 0 Å². The monoisotopic (exact) mass is 376 g/mol. The minimum Gasteiger partial charge on any atom is -0.478 e. The maximum absolute atomic E-state index is 11.4. The third kappa shape index (κ3) is 3.22. The summed E-state index contributed by atoms with van der Waals surface area (Å²) in [7, 11) is 0. The molecule has 10 nitrogen and oxygen atoms in total. The number of hydrogen-bond acceptors (Lipinski definition) is 9. The lowest BCUT2D eigenvalue weighted by Crippen LogP contribution is -2.60. The Bertz CT molecular complexity index is 563. The first kappa shape index (κ1) is 19.5. The molecule has 0 aromatic heterocycles. The number of ether oxygens (including phenoxy) is 3. The van der Waals surface area contributed by atoms with Crippen LogP contribution in [0.15, 0.2) is 11.8 Å². The lowest BCUT2D eigenvalue weighted by atomic mass is 9.83. The fraction of sp³-hybridized carbons (Fsp3) is 0.812. The van der Waals surface area contributed by atoms with Crippen molar-refractivity contribution in [2.75, 3.05) is 6.61 Å². The molecule has 26 heavy (non-hydrogen) atoms. The van der Waals surface area contributed by atoms with E-state index in [1.54, 1.807) is 6.92 Å². The zero-order valence-corrected chi connectivity index (χ0v) is 14.1. The minimum absolute atomic E-state index is 0.0343. The maximum Gasteiger partial charge on any atom is 0.334 e. The first-order valence-electron chi connectivity index (χ1n) is 8.49. The molecule has 0 radical (unpaired) electrons. The Balaban J connectivity index is 1.79. The Kier molecular flexibility index (Phi) is 5.54. The van der Waals surface area contributed by atoms with E-state index in [0.717, 1.165) is 6.26 Å². The zero-order valence-electron chi connectivity index (χ0n) is 14.1. The number of aliphatic hydroxyl groups excluding tert-OH is 5. The minimum atomic E-state index is -1.60. The van der Waals surface area contributed by atoms with Crippen molar-refractivity contribution in [1.82, 2.24) is 0 Å². The first-order chi connectivity index (χ1) is 12.3. The molecule has 1 saturated carbocycles. The first-order valence-corrected chi connectivity index (χ1v) is 8.49. The average Bonchev–Trinajstić information content (AvgIpc) is 2.90. The van der Waals surface area contributed by atoms with Crippen LogP contribution in [0.2, 0.25) is 0 Å². The summed E-state index contributed by atoms with van der Waals surface area (Å²) in [4.78, 5) is 11.4. The van der Waals surface area contributed by atoms with Gasteiger partial charge >= 0.3 is 5.97 Å². The van der Waals surface area contributed by atoms with Crippen LogP contribution in [0.4, 0.5) is 0 Å². The van der Waals surface area contributed by atoms with Crippen molar-refractivity contribution in [3.8, 4) is 0 Å². The Labute approximate surface area is 149 Å². The van der Waals surface area contributed by atoms with Crippen molar-refractivity contribution in [1.29, 1.82) is 0 Å². The molecule has 3 aliphatic rings. The van der Waals surface area contributed by atoms with E-state index in [9.17, 15) is 35.4 Å². The summed E-state index contributed by atoms with van der Waals surface area (Å²) in [6, 6.07) is 0. The van der Waals surface area contributed by atoms with E-state index in [4.69, 9.17) is 14.2 Å². The quantitative estimate of drug-likeness (QED) is 0.316. The van der Waals surface area contributed by atoms with E-state index in [1.807, 2.05) is 0 Å². The smallest absolute Gasteiger partial charge is 0.334 e. The summed E-state index contributed by atoms with van der Waals surface area (Å²) >= 11 is 0. The summed E-state index contributed by atoms with van der Waals surface area (Å²) < 4.78 is 16.3. The molecular weight excluding hydrogens is 352 g/mol. The second kappa shape index (κ2) is 7.39. The van der Waals surface area contributed by atoms with E-state index in [0.29, 0.717) is 0 Å². The second-order valence-corrected chi connectivity index (χ2v) is 7.06. The van der Waals surface area contributed by atoms with Gasteiger partial charge in [-0.15, -0.1) is 0 Å². The molecule has 0 amide bonds. The largest absolute Gasteiger partial charge is 0.478 e. The normalized spacial score (nSPS) is 48.5. The molecule has 3 rings (SSSR count). The predicted molar refractivity (Wildman–Crippen MR) is 82.2 cm³/mol. The highest BCUT2D eigenvalue weighted by Crippen LogP contribution is 2.47. The standard InChI is InChI=1S/C16H24O10/c1-5-8(18)2-6-7(14(22)23)4-24-15(10(5)6)26-16-13(21)12(20)11(19)9(3-17)25-16/h4-6,8-13,15-21H,2-3H2,1H3,(H,22,23)/t5-,6-,8+,9-,10-,11-,12+,13-,15+,16?/m1/s1. The Morgan fingerprint density at radius 1 is 1.19 bits per heavy atom. The van der Waals surface area contributed by atoms with E-state index in [2.05, 4.69) is 0 Å². The van der Waals surface area contributed by atoms with E-state index >= 15 is 0 Å². The highest BCUT2D eigenvalue weighted by molar-refractivity contribution is 5.87. The van der Waals surface area contributed by atoms with E-state index < -0.39 is 67.5 Å². The number of carboxylic acid groups (broad SMARTS) is 1. The summed E-state index contributed by atoms with van der Waals surface area (Å²) in [5.41, 5.74) is 0.0343. The number of carbonyl (C=O) groups is 1. The molecule has 6 N–H and O–H groups in total. The van der Waals surface area contributed by atoms with Crippen molar-refractivity contribution in [3.05, 3.63) is 11.8 Å². The predicted octanol–water partition coefficient (Wildman–Crippen LogP) is -2.24. The van der Waals surface area contributed by atoms with Gasteiger partial charge in [0.2, 0.25) is 6.29 Å². The molecule has 1 unspecified atom stereocenters. The van der Waals surface area contributed by atoms with Crippen LogP contribution in [0, 0.1) is 17.8 Å².